The lowest BCUT2D eigenvalue weighted by Crippen LogP contribution is -2.33. The van der Waals surface area contributed by atoms with E-state index in [2.05, 4.69) is 0 Å². The van der Waals surface area contributed by atoms with Crippen molar-refractivity contribution in [2.45, 2.75) is 25.9 Å². The number of rotatable bonds is 4. The van der Waals surface area contributed by atoms with Crippen LogP contribution in [-0.2, 0) is 10.7 Å². The van der Waals surface area contributed by atoms with Gasteiger partial charge in [0.15, 0.2) is 23.3 Å². The second-order valence-corrected chi connectivity index (χ2v) is 5.30. The minimum Gasteiger partial charge on any atom is -0.370 e. The second kappa shape index (κ2) is 6.20. The van der Waals surface area contributed by atoms with Crippen molar-refractivity contribution in [1.82, 2.24) is 4.90 Å². The van der Waals surface area contributed by atoms with Crippen LogP contribution in [0.25, 0.3) is 5.57 Å². The molecule has 11 heteroatoms. The molecule has 0 radical (unpaired) electrons. The number of Topliss-reactive ketones (excluding diaryl/α,β-unsaturated/α-hetero) is 1. The number of nitrogens with zero attached hydrogens (tertiary/aromatic N) is 1. The highest BCUT2D eigenvalue weighted by atomic mass is 19.4. The summed E-state index contributed by atoms with van der Waals surface area (Å²) in [5, 5.41) is 0. The molecule has 0 saturated heterocycles. The zero-order chi connectivity index (χ0) is 20.2. The Morgan fingerprint density at radius 3 is 1.81 bits per heavy atom. The Morgan fingerprint density at radius 2 is 1.38 bits per heavy atom. The lowest BCUT2D eigenvalue weighted by molar-refractivity contribution is -0.164. The molecule has 0 bridgehead atoms. The number of hydrogen-bond donors (Lipinski definition) is 0. The zero-order valence-electron chi connectivity index (χ0n) is 13.2. The molecular weight excluding hydrogens is 381 g/mol. The molecule has 0 aromatic heterocycles. The van der Waals surface area contributed by atoms with Gasteiger partial charge in [-0.25, -0.2) is 17.6 Å². The van der Waals surface area contributed by atoms with Crippen molar-refractivity contribution in [2.75, 3.05) is 13.1 Å². The lowest BCUT2D eigenvalue weighted by atomic mass is 9.99. The van der Waals surface area contributed by atoms with Crippen LogP contribution in [0.15, 0.2) is 5.70 Å². The normalized spacial score (nSPS) is 16.1. The molecule has 0 saturated carbocycles. The Bertz CT molecular complexity index is 807. The summed E-state index contributed by atoms with van der Waals surface area (Å²) in [6.07, 6.45) is -5.74. The van der Waals surface area contributed by atoms with E-state index in [-0.39, 0.29) is 13.1 Å². The molecule has 0 unspecified atom stereocenters. The number of halogens is 9. The molecule has 1 aliphatic carbocycles. The van der Waals surface area contributed by atoms with Crippen LogP contribution in [0.4, 0.5) is 39.5 Å². The first-order valence-electron chi connectivity index (χ1n) is 7.18. The van der Waals surface area contributed by atoms with E-state index in [1.54, 1.807) is 0 Å². The highest BCUT2D eigenvalue weighted by Crippen LogP contribution is 2.54. The van der Waals surface area contributed by atoms with Gasteiger partial charge >= 0.3 is 12.1 Å². The Balaban J connectivity index is 3.03. The number of ketones is 1. The molecule has 144 valence electrons. The van der Waals surface area contributed by atoms with Crippen LogP contribution in [0.5, 0.6) is 0 Å². The van der Waals surface area contributed by atoms with Gasteiger partial charge in [-0.1, -0.05) is 0 Å². The molecule has 0 N–H and O–H groups in total. The van der Waals surface area contributed by atoms with Crippen molar-refractivity contribution in [3.05, 3.63) is 40.1 Å². The van der Waals surface area contributed by atoms with Crippen molar-refractivity contribution in [3.8, 4) is 0 Å². The van der Waals surface area contributed by atoms with E-state index in [0.717, 1.165) is 0 Å². The summed E-state index contributed by atoms with van der Waals surface area (Å²) in [6, 6.07) is 0. The second-order valence-electron chi connectivity index (χ2n) is 5.30. The molecule has 2 rings (SSSR count). The van der Waals surface area contributed by atoms with Crippen LogP contribution in [-0.4, -0.2) is 29.9 Å². The molecule has 0 fully saturated rings. The zero-order valence-corrected chi connectivity index (χ0v) is 13.2. The maximum Gasteiger partial charge on any atom is 0.454 e. The van der Waals surface area contributed by atoms with Crippen LogP contribution in [0.2, 0.25) is 0 Å². The van der Waals surface area contributed by atoms with E-state index < -0.39 is 63.5 Å². The van der Waals surface area contributed by atoms with Gasteiger partial charge in [0.05, 0.1) is 11.1 Å². The number of allylic oxidation sites excluding steroid dienone is 2. The number of carbonyl (C=O) groups is 1. The van der Waals surface area contributed by atoms with Crippen LogP contribution < -0.4 is 0 Å². The Morgan fingerprint density at radius 1 is 0.923 bits per heavy atom. The predicted octanol–water partition coefficient (Wildman–Crippen LogP) is 4.53. The van der Waals surface area contributed by atoms with Gasteiger partial charge in [0, 0.05) is 18.7 Å². The summed E-state index contributed by atoms with van der Waals surface area (Å²) < 4.78 is 123. The summed E-state index contributed by atoms with van der Waals surface area (Å²) >= 11 is 0. The molecule has 2 nitrogen and oxygen atoms in total. The molecule has 1 aromatic rings. The average Bonchev–Trinajstić information content (AvgIpc) is 2.79. The first kappa shape index (κ1) is 20.1. The van der Waals surface area contributed by atoms with E-state index in [9.17, 15) is 44.3 Å². The molecule has 0 heterocycles. The summed E-state index contributed by atoms with van der Waals surface area (Å²) in [5.41, 5.74) is -7.64. The van der Waals surface area contributed by atoms with Crippen molar-refractivity contribution >= 4 is 11.4 Å². The monoisotopic (exact) mass is 391 g/mol. The smallest absolute Gasteiger partial charge is 0.370 e. The lowest BCUT2D eigenvalue weighted by Gasteiger charge is -2.28. The molecule has 0 aliphatic heterocycles. The third-order valence-corrected chi connectivity index (χ3v) is 3.93. The fourth-order valence-electron chi connectivity index (χ4n) is 2.81. The highest BCUT2D eigenvalue weighted by Gasteiger charge is 2.58. The summed E-state index contributed by atoms with van der Waals surface area (Å²) in [6.45, 7) is 1.74. The van der Waals surface area contributed by atoms with Gasteiger partial charge in [0.2, 0.25) is 0 Å². The van der Waals surface area contributed by atoms with E-state index in [1.807, 2.05) is 0 Å². The standard InChI is InChI=1S/C15H10F9NO/c1-3-25(4-2)12-6(13(26)15(22,23)24)5-7(14(12,20)21)9(17)11(19)10(18)8(5)16/h3-4H2,1-2H3. The number of hydrogen-bond acceptors (Lipinski definition) is 2. The number of benzene rings is 1. The fraction of sp³-hybridized carbons (Fsp3) is 0.400. The minimum absolute atomic E-state index is 0.363. The van der Waals surface area contributed by atoms with Crippen molar-refractivity contribution in [2.24, 2.45) is 0 Å². The van der Waals surface area contributed by atoms with E-state index >= 15 is 0 Å². The average molecular weight is 391 g/mol. The van der Waals surface area contributed by atoms with Gasteiger partial charge in [-0.2, -0.15) is 22.0 Å². The Labute approximate surface area is 140 Å². The first-order valence-corrected chi connectivity index (χ1v) is 7.18. The third-order valence-electron chi connectivity index (χ3n) is 3.93. The predicted molar refractivity (Wildman–Crippen MR) is 71.1 cm³/mol. The highest BCUT2D eigenvalue weighted by molar-refractivity contribution is 6.26. The minimum atomic E-state index is -5.74. The molecule has 1 aromatic carbocycles. The number of fused-ring (bicyclic) bond motifs is 1. The molecule has 0 amide bonds. The van der Waals surface area contributed by atoms with E-state index in [4.69, 9.17) is 0 Å². The fourth-order valence-corrected chi connectivity index (χ4v) is 2.81. The number of carbonyl (C=O) groups excluding carboxylic acids is 1. The van der Waals surface area contributed by atoms with Crippen LogP contribution >= 0.6 is 0 Å². The Hall–Kier alpha value is -2.20. The van der Waals surface area contributed by atoms with Gasteiger partial charge in [0.1, 0.15) is 5.70 Å². The van der Waals surface area contributed by atoms with E-state index in [0.29, 0.717) is 4.90 Å². The largest absolute Gasteiger partial charge is 0.454 e. The molecule has 1 aliphatic rings. The molecule has 0 spiro atoms. The van der Waals surface area contributed by atoms with Crippen molar-refractivity contribution < 1.29 is 44.3 Å². The number of alkyl halides is 5. The SMILES string of the molecule is CCN(CC)C1=C(C(=O)C(F)(F)F)c2c(F)c(F)c(F)c(F)c2C1(F)F. The number of likely N-dealkylation sites (N-methyl/N-ethyl adjacent to an activating group) is 1. The van der Waals surface area contributed by atoms with Crippen LogP contribution in [0.1, 0.15) is 25.0 Å². The molecule has 0 atom stereocenters. The molecular formula is C15H10F9NO. The maximum atomic E-state index is 14.7. The van der Waals surface area contributed by atoms with Crippen molar-refractivity contribution in [3.63, 3.8) is 0 Å². The summed E-state index contributed by atoms with van der Waals surface area (Å²) in [7, 11) is 0. The van der Waals surface area contributed by atoms with Gasteiger partial charge in [-0.3, -0.25) is 4.79 Å². The molecule has 26 heavy (non-hydrogen) atoms. The third kappa shape index (κ3) is 2.64. The Kier molecular flexibility index (Phi) is 4.80. The van der Waals surface area contributed by atoms with Crippen LogP contribution in [0.3, 0.4) is 0 Å². The topological polar surface area (TPSA) is 20.3 Å². The van der Waals surface area contributed by atoms with Crippen LogP contribution in [0, 0.1) is 23.3 Å². The first-order chi connectivity index (χ1) is 11.8. The van der Waals surface area contributed by atoms with Gasteiger partial charge in [0.25, 0.3) is 5.78 Å². The van der Waals surface area contributed by atoms with Gasteiger partial charge in [-0.15, -0.1) is 0 Å². The van der Waals surface area contributed by atoms with Gasteiger partial charge < -0.3 is 4.90 Å². The van der Waals surface area contributed by atoms with Gasteiger partial charge in [-0.05, 0) is 13.8 Å². The quantitative estimate of drug-likeness (QED) is 0.427. The van der Waals surface area contributed by atoms with Crippen molar-refractivity contribution in [1.29, 1.82) is 0 Å². The van der Waals surface area contributed by atoms with E-state index in [1.165, 1.54) is 13.8 Å². The maximum absolute atomic E-state index is 14.7. The summed E-state index contributed by atoms with van der Waals surface area (Å²) in [5.74, 6) is -17.9. The summed E-state index contributed by atoms with van der Waals surface area (Å²) in [4.78, 5) is 12.2.